The van der Waals surface area contributed by atoms with Gasteiger partial charge in [0, 0.05) is 19.1 Å². The Morgan fingerprint density at radius 3 is 1.89 bits per heavy atom. The Morgan fingerprint density at radius 2 is 1.33 bits per heavy atom. The fourth-order valence-corrected chi connectivity index (χ4v) is 5.36. The Hall–Kier alpha value is -0.810. The lowest BCUT2D eigenvalue weighted by Crippen LogP contribution is -2.45. The van der Waals surface area contributed by atoms with Crippen molar-refractivity contribution in [1.82, 2.24) is 15.1 Å². The number of carbonyl (C=O) groups excluding carboxylic acids is 1. The van der Waals surface area contributed by atoms with Gasteiger partial charge in [0.15, 0.2) is 0 Å². The number of ether oxygens (including phenoxy) is 1. The lowest BCUT2D eigenvalue weighted by atomic mass is 10.00. The van der Waals surface area contributed by atoms with Crippen LogP contribution in [-0.2, 0) is 4.74 Å². The molecule has 1 N–H and O–H groups in total. The molecule has 0 aromatic carbocycles. The first kappa shape index (κ1) is 33.2. The summed E-state index contributed by atoms with van der Waals surface area (Å²) >= 11 is 0. The number of hydrogen-bond donors (Lipinski definition) is 1. The van der Waals surface area contributed by atoms with Gasteiger partial charge in [-0.15, -0.1) is 0 Å². The number of nitrogens with one attached hydrogen (secondary N) is 1. The Bertz CT molecular complexity index is 486. The van der Waals surface area contributed by atoms with Crippen molar-refractivity contribution >= 4 is 6.09 Å². The van der Waals surface area contributed by atoms with E-state index in [0.717, 1.165) is 51.9 Å². The summed E-state index contributed by atoms with van der Waals surface area (Å²) in [4.78, 5) is 16.6. The van der Waals surface area contributed by atoms with Crippen molar-refractivity contribution in [2.75, 3.05) is 46.9 Å². The van der Waals surface area contributed by atoms with Gasteiger partial charge in [-0.3, -0.25) is 0 Å². The molecule has 0 radical (unpaired) electrons. The second kappa shape index (κ2) is 24.5. The van der Waals surface area contributed by atoms with E-state index in [0.29, 0.717) is 12.6 Å². The van der Waals surface area contributed by atoms with Crippen LogP contribution >= 0.6 is 0 Å². The van der Waals surface area contributed by atoms with Gasteiger partial charge in [0.2, 0.25) is 0 Å². The van der Waals surface area contributed by atoms with Crippen LogP contribution in [-0.4, -0.2) is 68.8 Å². The highest BCUT2D eigenvalue weighted by Crippen LogP contribution is 2.20. The van der Waals surface area contributed by atoms with E-state index >= 15 is 0 Å². The molecule has 1 atom stereocenters. The largest absolute Gasteiger partial charge is 0.449 e. The highest BCUT2D eigenvalue weighted by atomic mass is 16.6. The summed E-state index contributed by atoms with van der Waals surface area (Å²) in [5.41, 5.74) is 0. The molecular weight excluding hydrogens is 446 g/mol. The standard InChI is InChI=1S/C31H63N3O2/c1-4-5-6-7-8-9-10-11-12-13-14-15-16-17-18-20-25-32-26-24-30-23-19-21-28-34(30)31(35)36-29-22-27-33(2)3/h30,32H,4-29H2,1-3H3. The molecule has 1 aliphatic rings. The minimum atomic E-state index is -0.101. The quantitative estimate of drug-likeness (QED) is 0.133. The number of carbonyl (C=O) groups is 1. The molecule has 1 unspecified atom stereocenters. The molecule has 0 bridgehead atoms. The number of hydrogen-bond acceptors (Lipinski definition) is 4. The van der Waals surface area contributed by atoms with Gasteiger partial charge in [0.05, 0.1) is 6.61 Å². The van der Waals surface area contributed by atoms with Crippen LogP contribution in [0, 0.1) is 0 Å². The summed E-state index contributed by atoms with van der Waals surface area (Å²) in [6, 6.07) is 0.346. The summed E-state index contributed by atoms with van der Waals surface area (Å²) < 4.78 is 5.55. The van der Waals surface area contributed by atoms with Crippen LogP contribution in [0.25, 0.3) is 0 Å². The second-order valence-corrected chi connectivity index (χ2v) is 11.5. The maximum Gasteiger partial charge on any atom is 0.410 e. The van der Waals surface area contributed by atoms with Gasteiger partial charge in [-0.1, -0.05) is 103 Å². The summed E-state index contributed by atoms with van der Waals surface area (Å²) in [6.07, 6.45) is 28.0. The van der Waals surface area contributed by atoms with Gasteiger partial charge in [-0.05, 0) is 65.7 Å². The fourth-order valence-electron chi connectivity index (χ4n) is 5.36. The van der Waals surface area contributed by atoms with Gasteiger partial charge >= 0.3 is 6.09 Å². The van der Waals surface area contributed by atoms with Gasteiger partial charge < -0.3 is 19.9 Å². The van der Waals surface area contributed by atoms with Crippen LogP contribution in [0.4, 0.5) is 4.79 Å². The van der Waals surface area contributed by atoms with Crippen LogP contribution in [0.5, 0.6) is 0 Å². The average molecular weight is 510 g/mol. The smallest absolute Gasteiger partial charge is 0.410 e. The third-order valence-electron chi connectivity index (χ3n) is 7.70. The summed E-state index contributed by atoms with van der Waals surface area (Å²) in [5.74, 6) is 0. The van der Waals surface area contributed by atoms with E-state index in [-0.39, 0.29) is 6.09 Å². The van der Waals surface area contributed by atoms with Gasteiger partial charge in [-0.2, -0.15) is 0 Å². The maximum atomic E-state index is 12.5. The number of nitrogens with zero attached hydrogens (tertiary/aromatic N) is 2. The minimum Gasteiger partial charge on any atom is -0.449 e. The molecule has 36 heavy (non-hydrogen) atoms. The van der Waals surface area contributed by atoms with E-state index in [1.807, 2.05) is 4.90 Å². The predicted octanol–water partition coefficient (Wildman–Crippen LogP) is 8.17. The molecule has 1 rings (SSSR count). The second-order valence-electron chi connectivity index (χ2n) is 11.5. The predicted molar refractivity (Wildman–Crippen MR) is 156 cm³/mol. The molecule has 1 amide bonds. The Balaban J connectivity index is 1.88. The van der Waals surface area contributed by atoms with Crippen molar-refractivity contribution in [3.63, 3.8) is 0 Å². The average Bonchev–Trinajstić information content (AvgIpc) is 2.88. The zero-order chi connectivity index (χ0) is 26.1. The molecule has 1 saturated heterocycles. The molecule has 1 fully saturated rings. The number of piperidine rings is 1. The molecule has 1 aliphatic heterocycles. The first-order chi connectivity index (χ1) is 17.6. The van der Waals surface area contributed by atoms with Crippen molar-refractivity contribution in [3.8, 4) is 0 Å². The van der Waals surface area contributed by atoms with Crippen molar-refractivity contribution in [2.24, 2.45) is 0 Å². The van der Waals surface area contributed by atoms with Crippen LogP contribution in [0.15, 0.2) is 0 Å². The number of amides is 1. The fraction of sp³-hybridized carbons (Fsp3) is 0.968. The summed E-state index contributed by atoms with van der Waals surface area (Å²) in [5, 5.41) is 3.62. The Morgan fingerprint density at radius 1 is 0.778 bits per heavy atom. The highest BCUT2D eigenvalue weighted by molar-refractivity contribution is 5.68. The zero-order valence-corrected chi connectivity index (χ0v) is 24.7. The Kier molecular flexibility index (Phi) is 22.6. The van der Waals surface area contributed by atoms with E-state index in [1.165, 1.54) is 109 Å². The van der Waals surface area contributed by atoms with Gasteiger partial charge in [0.25, 0.3) is 0 Å². The molecule has 0 saturated carbocycles. The molecule has 0 spiro atoms. The van der Waals surface area contributed by atoms with E-state index in [1.54, 1.807) is 0 Å². The third kappa shape index (κ3) is 19.3. The normalized spacial score (nSPS) is 16.1. The van der Waals surface area contributed by atoms with Crippen LogP contribution < -0.4 is 5.32 Å². The first-order valence-corrected chi connectivity index (χ1v) is 15.9. The van der Waals surface area contributed by atoms with Crippen molar-refractivity contribution in [2.45, 2.75) is 148 Å². The minimum absolute atomic E-state index is 0.101. The van der Waals surface area contributed by atoms with E-state index < -0.39 is 0 Å². The first-order valence-electron chi connectivity index (χ1n) is 15.9. The molecule has 214 valence electrons. The highest BCUT2D eigenvalue weighted by Gasteiger charge is 2.27. The number of likely N-dealkylation sites (tertiary alicyclic amines) is 1. The van der Waals surface area contributed by atoms with Gasteiger partial charge in [-0.25, -0.2) is 4.79 Å². The lowest BCUT2D eigenvalue weighted by molar-refractivity contribution is 0.0689. The number of unbranched alkanes of at least 4 members (excludes halogenated alkanes) is 15. The van der Waals surface area contributed by atoms with E-state index in [4.69, 9.17) is 4.74 Å². The maximum absolute atomic E-state index is 12.5. The zero-order valence-electron chi connectivity index (χ0n) is 24.7. The molecule has 5 heteroatoms. The summed E-state index contributed by atoms with van der Waals surface area (Å²) in [6.45, 7) is 6.75. The topological polar surface area (TPSA) is 44.8 Å². The Labute approximate surface area is 225 Å². The number of rotatable bonds is 24. The van der Waals surface area contributed by atoms with Crippen molar-refractivity contribution in [1.29, 1.82) is 0 Å². The van der Waals surface area contributed by atoms with Crippen LogP contribution in [0.2, 0.25) is 0 Å². The third-order valence-corrected chi connectivity index (χ3v) is 7.70. The molecular formula is C31H63N3O2. The van der Waals surface area contributed by atoms with Crippen molar-refractivity contribution < 1.29 is 9.53 Å². The molecule has 1 heterocycles. The van der Waals surface area contributed by atoms with Crippen LogP contribution in [0.3, 0.4) is 0 Å². The summed E-state index contributed by atoms with van der Waals surface area (Å²) in [7, 11) is 4.10. The molecule has 0 aromatic rings. The molecule has 0 aliphatic carbocycles. The monoisotopic (exact) mass is 509 g/mol. The molecule has 5 nitrogen and oxygen atoms in total. The SMILES string of the molecule is CCCCCCCCCCCCCCCCCCNCCC1CCCCN1C(=O)OCCCN(C)C. The van der Waals surface area contributed by atoms with Gasteiger partial charge in [0.1, 0.15) is 0 Å². The van der Waals surface area contributed by atoms with Crippen LogP contribution in [0.1, 0.15) is 142 Å². The van der Waals surface area contributed by atoms with E-state index in [9.17, 15) is 4.79 Å². The lowest BCUT2D eigenvalue weighted by Gasteiger charge is -2.35. The molecule has 0 aromatic heterocycles. The van der Waals surface area contributed by atoms with Crippen molar-refractivity contribution in [3.05, 3.63) is 0 Å². The van der Waals surface area contributed by atoms with E-state index in [2.05, 4.69) is 31.2 Å².